The summed E-state index contributed by atoms with van der Waals surface area (Å²) >= 11 is 6.34. The molecule has 146 valence electrons. The van der Waals surface area contributed by atoms with E-state index in [2.05, 4.69) is 37.3 Å². The van der Waals surface area contributed by atoms with Crippen molar-refractivity contribution in [3.8, 4) is 0 Å². The number of aryl methyl sites for hydroxylation is 1. The number of hydrogen-bond acceptors (Lipinski definition) is 6. The lowest BCUT2D eigenvalue weighted by molar-refractivity contribution is -0.125. The zero-order chi connectivity index (χ0) is 19.7. The van der Waals surface area contributed by atoms with Crippen molar-refractivity contribution < 1.29 is 4.79 Å². The Kier molecular flexibility index (Phi) is 4.91. The molecule has 1 amide bonds. The van der Waals surface area contributed by atoms with Crippen LogP contribution in [0.25, 0.3) is 11.0 Å². The molecular weight excluding hydrogens is 380 g/mol. The highest BCUT2D eigenvalue weighted by Gasteiger charge is 2.26. The van der Waals surface area contributed by atoms with Crippen molar-refractivity contribution in [1.29, 1.82) is 0 Å². The van der Waals surface area contributed by atoms with Crippen LogP contribution in [0.3, 0.4) is 0 Å². The van der Waals surface area contributed by atoms with Gasteiger partial charge in [-0.25, -0.2) is 0 Å². The van der Waals surface area contributed by atoms with Gasteiger partial charge in [0.05, 0.1) is 22.3 Å². The van der Waals surface area contributed by atoms with Gasteiger partial charge < -0.3 is 20.5 Å². The Labute approximate surface area is 166 Å². The highest BCUT2D eigenvalue weighted by molar-refractivity contribution is 6.36. The lowest BCUT2D eigenvalue weighted by Gasteiger charge is -2.17. The second kappa shape index (κ2) is 7.51. The second-order valence-electron chi connectivity index (χ2n) is 6.58. The summed E-state index contributed by atoms with van der Waals surface area (Å²) in [5.41, 5.74) is 1.43. The minimum atomic E-state index is -0.0629. The molecule has 0 aromatic carbocycles. The van der Waals surface area contributed by atoms with E-state index in [4.69, 9.17) is 11.6 Å². The van der Waals surface area contributed by atoms with Gasteiger partial charge in [-0.1, -0.05) is 18.2 Å². The number of anilines is 3. The normalized spacial score (nSPS) is 16.5. The van der Waals surface area contributed by atoms with Crippen molar-refractivity contribution in [2.75, 3.05) is 23.7 Å². The molecule has 3 aromatic heterocycles. The number of aromatic nitrogens is 5. The first kappa shape index (κ1) is 18.3. The fourth-order valence-electron chi connectivity index (χ4n) is 3.29. The SMILES string of the molecule is C=CC(=O)N1CCC(Nc2nc(Nc3cnn(CC)c3)nc3[nH]cc(Cl)c23)C1. The summed E-state index contributed by atoms with van der Waals surface area (Å²) in [6, 6.07) is 0.0728. The van der Waals surface area contributed by atoms with E-state index >= 15 is 0 Å². The number of amides is 1. The van der Waals surface area contributed by atoms with Crippen LogP contribution < -0.4 is 10.6 Å². The summed E-state index contributed by atoms with van der Waals surface area (Å²) in [6.07, 6.45) is 7.46. The van der Waals surface area contributed by atoms with Gasteiger partial charge >= 0.3 is 0 Å². The summed E-state index contributed by atoms with van der Waals surface area (Å²) < 4.78 is 1.81. The van der Waals surface area contributed by atoms with Gasteiger partial charge in [-0.3, -0.25) is 9.48 Å². The van der Waals surface area contributed by atoms with Crippen LogP contribution in [-0.4, -0.2) is 54.7 Å². The van der Waals surface area contributed by atoms with Crippen LogP contribution in [0.1, 0.15) is 13.3 Å². The Bertz CT molecular complexity index is 1030. The molecular formula is C18H21ClN8O. The van der Waals surface area contributed by atoms with E-state index in [1.165, 1.54) is 6.08 Å². The van der Waals surface area contributed by atoms with Crippen LogP contribution in [-0.2, 0) is 11.3 Å². The van der Waals surface area contributed by atoms with Gasteiger partial charge in [0.25, 0.3) is 0 Å². The minimum absolute atomic E-state index is 0.0629. The van der Waals surface area contributed by atoms with E-state index in [1.807, 2.05) is 17.8 Å². The average molecular weight is 401 g/mol. The van der Waals surface area contributed by atoms with Gasteiger partial charge in [-0.05, 0) is 19.4 Å². The molecule has 0 bridgehead atoms. The molecule has 1 aliphatic heterocycles. The third-order valence-electron chi connectivity index (χ3n) is 4.71. The first-order valence-corrected chi connectivity index (χ1v) is 9.47. The van der Waals surface area contributed by atoms with E-state index in [0.29, 0.717) is 35.5 Å². The average Bonchev–Trinajstić information content (AvgIpc) is 3.42. The zero-order valence-corrected chi connectivity index (χ0v) is 16.2. The molecule has 0 saturated carbocycles. The molecule has 9 nitrogen and oxygen atoms in total. The van der Waals surface area contributed by atoms with Crippen molar-refractivity contribution >= 4 is 46.0 Å². The summed E-state index contributed by atoms with van der Waals surface area (Å²) in [7, 11) is 0. The number of carbonyl (C=O) groups is 1. The molecule has 1 atom stereocenters. The molecule has 4 heterocycles. The van der Waals surface area contributed by atoms with Crippen molar-refractivity contribution in [2.45, 2.75) is 25.9 Å². The number of rotatable bonds is 6. The van der Waals surface area contributed by atoms with Gasteiger partial charge in [0.1, 0.15) is 11.5 Å². The number of likely N-dealkylation sites (tertiary alicyclic amines) is 1. The minimum Gasteiger partial charge on any atom is -0.365 e. The summed E-state index contributed by atoms with van der Waals surface area (Å²) in [4.78, 5) is 25.8. The molecule has 3 aromatic rings. The Morgan fingerprint density at radius 1 is 1.50 bits per heavy atom. The number of hydrogen-bond donors (Lipinski definition) is 3. The third kappa shape index (κ3) is 3.53. The Hall–Kier alpha value is -3.07. The molecule has 10 heteroatoms. The predicted octanol–water partition coefficient (Wildman–Crippen LogP) is 2.77. The van der Waals surface area contributed by atoms with Gasteiger partial charge in [-0.15, -0.1) is 0 Å². The highest BCUT2D eigenvalue weighted by Crippen LogP contribution is 2.31. The number of aromatic amines is 1. The molecule has 0 spiro atoms. The highest BCUT2D eigenvalue weighted by atomic mass is 35.5. The zero-order valence-electron chi connectivity index (χ0n) is 15.4. The topological polar surface area (TPSA) is 104 Å². The smallest absolute Gasteiger partial charge is 0.246 e. The third-order valence-corrected chi connectivity index (χ3v) is 5.01. The van der Waals surface area contributed by atoms with Crippen molar-refractivity contribution in [3.05, 3.63) is 36.3 Å². The molecule has 1 saturated heterocycles. The van der Waals surface area contributed by atoms with Crippen LogP contribution in [0.4, 0.5) is 17.5 Å². The number of halogens is 1. The molecule has 0 radical (unpaired) electrons. The van der Waals surface area contributed by atoms with E-state index in [-0.39, 0.29) is 11.9 Å². The van der Waals surface area contributed by atoms with Crippen LogP contribution in [0.15, 0.2) is 31.2 Å². The van der Waals surface area contributed by atoms with Crippen LogP contribution >= 0.6 is 11.6 Å². The molecule has 1 fully saturated rings. The quantitative estimate of drug-likeness (QED) is 0.550. The number of nitrogens with one attached hydrogen (secondary N) is 3. The Morgan fingerprint density at radius 2 is 2.36 bits per heavy atom. The van der Waals surface area contributed by atoms with Crippen molar-refractivity contribution in [1.82, 2.24) is 29.6 Å². The van der Waals surface area contributed by atoms with Gasteiger partial charge in [0, 0.05) is 38.1 Å². The molecule has 1 aliphatic rings. The summed E-state index contributed by atoms with van der Waals surface area (Å²) in [6.45, 7) is 7.62. The van der Waals surface area contributed by atoms with E-state index in [9.17, 15) is 4.79 Å². The predicted molar refractivity (Wildman–Crippen MR) is 109 cm³/mol. The lowest BCUT2D eigenvalue weighted by Crippen LogP contribution is -2.30. The largest absolute Gasteiger partial charge is 0.365 e. The standard InChI is InChI=1S/C18H21ClN8O/c1-3-14(28)26-6-5-11(9-26)22-17-15-13(19)8-20-16(15)24-18(25-17)23-12-7-21-27(4-2)10-12/h3,7-8,10-11H,1,4-6,9H2,2H3,(H3,20,22,23,24,25). The number of fused-ring (bicyclic) bond motifs is 1. The fraction of sp³-hybridized carbons (Fsp3) is 0.333. The monoisotopic (exact) mass is 400 g/mol. The second-order valence-corrected chi connectivity index (χ2v) is 6.99. The van der Waals surface area contributed by atoms with Gasteiger partial charge in [-0.2, -0.15) is 15.1 Å². The van der Waals surface area contributed by atoms with Crippen molar-refractivity contribution in [2.24, 2.45) is 0 Å². The van der Waals surface area contributed by atoms with Crippen LogP contribution in [0, 0.1) is 0 Å². The van der Waals surface area contributed by atoms with Gasteiger partial charge in [0.2, 0.25) is 11.9 Å². The molecule has 0 aliphatic carbocycles. The molecule has 1 unspecified atom stereocenters. The maximum atomic E-state index is 11.8. The fourth-order valence-corrected chi connectivity index (χ4v) is 3.52. The molecule has 3 N–H and O–H groups in total. The number of nitrogens with zero attached hydrogens (tertiary/aromatic N) is 5. The summed E-state index contributed by atoms with van der Waals surface area (Å²) in [5.74, 6) is 0.993. The summed E-state index contributed by atoms with van der Waals surface area (Å²) in [5, 5.41) is 12.1. The lowest BCUT2D eigenvalue weighted by atomic mass is 10.2. The van der Waals surface area contributed by atoms with Crippen LogP contribution in [0.2, 0.25) is 5.02 Å². The van der Waals surface area contributed by atoms with Crippen LogP contribution in [0.5, 0.6) is 0 Å². The van der Waals surface area contributed by atoms with E-state index < -0.39 is 0 Å². The Balaban J connectivity index is 1.60. The van der Waals surface area contributed by atoms with E-state index in [1.54, 1.807) is 17.3 Å². The number of H-pyrrole nitrogens is 1. The first-order chi connectivity index (χ1) is 13.6. The number of carbonyl (C=O) groups excluding carboxylic acids is 1. The van der Waals surface area contributed by atoms with Gasteiger partial charge in [0.15, 0.2) is 0 Å². The molecule has 28 heavy (non-hydrogen) atoms. The maximum Gasteiger partial charge on any atom is 0.246 e. The van der Waals surface area contributed by atoms with Crippen molar-refractivity contribution in [3.63, 3.8) is 0 Å². The Morgan fingerprint density at radius 3 is 3.11 bits per heavy atom. The van der Waals surface area contributed by atoms with E-state index in [0.717, 1.165) is 24.0 Å². The molecule has 4 rings (SSSR count). The first-order valence-electron chi connectivity index (χ1n) is 9.09. The maximum absolute atomic E-state index is 11.8.